The summed E-state index contributed by atoms with van der Waals surface area (Å²) in [6, 6.07) is 0.458. The van der Waals surface area contributed by atoms with Crippen LogP contribution < -0.4 is 5.32 Å². The van der Waals surface area contributed by atoms with Crippen LogP contribution in [0.15, 0.2) is 0 Å². The van der Waals surface area contributed by atoms with Crippen LogP contribution >= 0.6 is 0 Å². The van der Waals surface area contributed by atoms with Gasteiger partial charge in [0.05, 0.1) is 5.60 Å². The molecule has 0 radical (unpaired) electrons. The second-order valence-electron chi connectivity index (χ2n) is 7.00. The smallest absolute Gasteiger partial charge is 0.0778 e. The SMILES string of the molecule is CCCNC(CCCC(C)(C)C)C(C)(C)OCC. The number of rotatable bonds is 9. The summed E-state index contributed by atoms with van der Waals surface area (Å²) in [7, 11) is 0. The van der Waals surface area contributed by atoms with E-state index in [0.717, 1.165) is 13.2 Å². The minimum atomic E-state index is -0.0677. The van der Waals surface area contributed by atoms with Crippen LogP contribution in [0.1, 0.15) is 74.1 Å². The summed E-state index contributed by atoms with van der Waals surface area (Å²) in [5.74, 6) is 0. The highest BCUT2D eigenvalue weighted by atomic mass is 16.5. The van der Waals surface area contributed by atoms with Gasteiger partial charge in [-0.3, -0.25) is 0 Å². The predicted molar refractivity (Wildman–Crippen MR) is 81.1 cm³/mol. The van der Waals surface area contributed by atoms with E-state index >= 15 is 0 Å². The van der Waals surface area contributed by atoms with Crippen molar-refractivity contribution in [1.82, 2.24) is 5.32 Å². The predicted octanol–water partition coefficient (Wildman–Crippen LogP) is 4.39. The summed E-state index contributed by atoms with van der Waals surface area (Å²) in [5.41, 5.74) is 0.368. The first-order valence-corrected chi connectivity index (χ1v) is 7.60. The molecule has 2 heteroatoms. The lowest BCUT2D eigenvalue weighted by Crippen LogP contribution is -2.49. The molecule has 0 spiro atoms. The average Bonchev–Trinajstić information content (AvgIpc) is 2.21. The van der Waals surface area contributed by atoms with E-state index in [-0.39, 0.29) is 5.60 Å². The number of ether oxygens (including phenoxy) is 1. The maximum atomic E-state index is 5.91. The normalized spacial score (nSPS) is 14.8. The lowest BCUT2D eigenvalue weighted by Gasteiger charge is -2.35. The zero-order chi connectivity index (χ0) is 14.2. The van der Waals surface area contributed by atoms with Crippen LogP contribution in [0.3, 0.4) is 0 Å². The van der Waals surface area contributed by atoms with Gasteiger partial charge in [-0.05, 0) is 52.0 Å². The van der Waals surface area contributed by atoms with Gasteiger partial charge in [0, 0.05) is 12.6 Å². The van der Waals surface area contributed by atoms with Gasteiger partial charge in [0.15, 0.2) is 0 Å². The highest BCUT2D eigenvalue weighted by Crippen LogP contribution is 2.25. The third-order valence-corrected chi connectivity index (χ3v) is 3.42. The fourth-order valence-corrected chi connectivity index (χ4v) is 2.32. The van der Waals surface area contributed by atoms with Gasteiger partial charge in [0.1, 0.15) is 0 Å². The fourth-order valence-electron chi connectivity index (χ4n) is 2.32. The highest BCUT2D eigenvalue weighted by molar-refractivity contribution is 4.86. The van der Waals surface area contributed by atoms with E-state index in [4.69, 9.17) is 4.74 Å². The van der Waals surface area contributed by atoms with Crippen molar-refractivity contribution in [3.8, 4) is 0 Å². The molecule has 0 amide bonds. The Morgan fingerprint density at radius 2 is 1.67 bits per heavy atom. The van der Waals surface area contributed by atoms with Gasteiger partial charge in [-0.25, -0.2) is 0 Å². The molecule has 0 heterocycles. The lowest BCUT2D eigenvalue weighted by atomic mass is 9.86. The Bertz CT molecular complexity index is 206. The molecule has 0 aliphatic rings. The summed E-state index contributed by atoms with van der Waals surface area (Å²) < 4.78 is 5.91. The summed E-state index contributed by atoms with van der Waals surface area (Å²) >= 11 is 0. The quantitative estimate of drug-likeness (QED) is 0.661. The largest absolute Gasteiger partial charge is 0.374 e. The Hall–Kier alpha value is -0.0800. The van der Waals surface area contributed by atoms with E-state index in [2.05, 4.69) is 53.8 Å². The molecule has 1 atom stereocenters. The highest BCUT2D eigenvalue weighted by Gasteiger charge is 2.29. The second kappa shape index (κ2) is 8.16. The van der Waals surface area contributed by atoms with E-state index in [9.17, 15) is 0 Å². The molecule has 0 aliphatic heterocycles. The van der Waals surface area contributed by atoms with Crippen LogP contribution in [-0.2, 0) is 4.74 Å². The van der Waals surface area contributed by atoms with Crippen molar-refractivity contribution in [2.24, 2.45) is 5.41 Å². The molecule has 1 unspecified atom stereocenters. The van der Waals surface area contributed by atoms with Gasteiger partial charge in [0.2, 0.25) is 0 Å². The molecule has 0 fully saturated rings. The van der Waals surface area contributed by atoms with Crippen molar-refractivity contribution in [1.29, 1.82) is 0 Å². The zero-order valence-corrected chi connectivity index (χ0v) is 13.7. The maximum Gasteiger partial charge on any atom is 0.0778 e. The zero-order valence-electron chi connectivity index (χ0n) is 13.7. The summed E-state index contributed by atoms with van der Waals surface area (Å²) in [4.78, 5) is 0. The summed E-state index contributed by atoms with van der Waals surface area (Å²) in [6.45, 7) is 17.5. The van der Waals surface area contributed by atoms with Gasteiger partial charge >= 0.3 is 0 Å². The molecule has 18 heavy (non-hydrogen) atoms. The minimum Gasteiger partial charge on any atom is -0.374 e. The van der Waals surface area contributed by atoms with E-state index in [0.29, 0.717) is 11.5 Å². The average molecular weight is 257 g/mol. The van der Waals surface area contributed by atoms with Crippen molar-refractivity contribution in [2.45, 2.75) is 85.8 Å². The molecule has 1 N–H and O–H groups in total. The van der Waals surface area contributed by atoms with Crippen molar-refractivity contribution in [3.63, 3.8) is 0 Å². The molecule has 0 aromatic carbocycles. The first-order chi connectivity index (χ1) is 8.23. The monoisotopic (exact) mass is 257 g/mol. The third kappa shape index (κ3) is 8.10. The summed E-state index contributed by atoms with van der Waals surface area (Å²) in [5, 5.41) is 3.66. The molecule has 0 rings (SSSR count). The van der Waals surface area contributed by atoms with Crippen LogP contribution in [0, 0.1) is 5.41 Å². The first-order valence-electron chi connectivity index (χ1n) is 7.60. The van der Waals surface area contributed by atoms with E-state index in [1.165, 1.54) is 25.7 Å². The van der Waals surface area contributed by atoms with Crippen LogP contribution in [-0.4, -0.2) is 24.8 Å². The standard InChI is InChI=1S/C16H35NO/c1-8-13-17-14(16(6,7)18-9-2)11-10-12-15(3,4)5/h14,17H,8-13H2,1-7H3. The second-order valence-corrected chi connectivity index (χ2v) is 7.00. The van der Waals surface area contributed by atoms with Crippen molar-refractivity contribution < 1.29 is 4.74 Å². The molecule has 0 bridgehead atoms. The molecule has 0 saturated carbocycles. The topological polar surface area (TPSA) is 21.3 Å². The van der Waals surface area contributed by atoms with Gasteiger partial charge < -0.3 is 10.1 Å². The number of hydrogen-bond acceptors (Lipinski definition) is 2. The molecule has 0 saturated heterocycles. The van der Waals surface area contributed by atoms with Gasteiger partial charge in [-0.1, -0.05) is 34.1 Å². The molecule has 2 nitrogen and oxygen atoms in total. The Balaban J connectivity index is 4.30. The summed E-state index contributed by atoms with van der Waals surface area (Å²) in [6.07, 6.45) is 4.92. The molecular weight excluding hydrogens is 222 g/mol. The van der Waals surface area contributed by atoms with E-state index in [1.807, 2.05) is 0 Å². The van der Waals surface area contributed by atoms with Crippen LogP contribution in [0.5, 0.6) is 0 Å². The van der Waals surface area contributed by atoms with Crippen LogP contribution in [0.2, 0.25) is 0 Å². The Morgan fingerprint density at radius 3 is 2.11 bits per heavy atom. The maximum absolute atomic E-state index is 5.91. The van der Waals surface area contributed by atoms with E-state index < -0.39 is 0 Å². The molecule has 0 aromatic heterocycles. The van der Waals surface area contributed by atoms with Crippen LogP contribution in [0.25, 0.3) is 0 Å². The Morgan fingerprint density at radius 1 is 1.06 bits per heavy atom. The van der Waals surface area contributed by atoms with Crippen molar-refractivity contribution in [2.75, 3.05) is 13.2 Å². The third-order valence-electron chi connectivity index (χ3n) is 3.42. The van der Waals surface area contributed by atoms with Crippen molar-refractivity contribution >= 4 is 0 Å². The van der Waals surface area contributed by atoms with Crippen molar-refractivity contribution in [3.05, 3.63) is 0 Å². The minimum absolute atomic E-state index is 0.0677. The van der Waals surface area contributed by atoms with E-state index in [1.54, 1.807) is 0 Å². The molecule has 0 aromatic rings. The lowest BCUT2D eigenvalue weighted by molar-refractivity contribution is -0.0409. The molecular formula is C16H35NO. The Kier molecular flexibility index (Phi) is 8.13. The van der Waals surface area contributed by atoms with Crippen LogP contribution in [0.4, 0.5) is 0 Å². The number of hydrogen-bond donors (Lipinski definition) is 1. The molecule has 110 valence electrons. The first kappa shape index (κ1) is 17.9. The van der Waals surface area contributed by atoms with Gasteiger partial charge in [-0.15, -0.1) is 0 Å². The van der Waals surface area contributed by atoms with Gasteiger partial charge in [-0.2, -0.15) is 0 Å². The Labute approximate surface area is 115 Å². The molecule has 0 aliphatic carbocycles. The number of nitrogens with one attached hydrogen (secondary N) is 1. The van der Waals surface area contributed by atoms with Gasteiger partial charge in [0.25, 0.3) is 0 Å². The fraction of sp³-hybridized carbons (Fsp3) is 1.00.